The zero-order valence-corrected chi connectivity index (χ0v) is 52.2. The van der Waals surface area contributed by atoms with Gasteiger partial charge in [0.05, 0.1) is 71.2 Å². The average Bonchev–Trinajstić information content (AvgIpc) is 1.52. The van der Waals surface area contributed by atoms with Crippen LogP contribution in [0.2, 0.25) is 50.4 Å². The summed E-state index contributed by atoms with van der Waals surface area (Å²) in [4.78, 5) is 99.0. The van der Waals surface area contributed by atoms with Gasteiger partial charge < -0.3 is 42.7 Å². The van der Waals surface area contributed by atoms with Crippen LogP contribution in [0.3, 0.4) is 0 Å². The van der Waals surface area contributed by atoms with Gasteiger partial charge in [0.15, 0.2) is 5.60 Å². The molecule has 18 nitrogen and oxygen atoms in total. The van der Waals surface area contributed by atoms with Gasteiger partial charge in [-0.2, -0.15) is 0 Å². The zero-order chi connectivity index (χ0) is 61.3. The number of benzene rings is 3. The molecular formula is C66H74N4O14Si2. The summed E-state index contributed by atoms with van der Waals surface area (Å²) in [5.41, 5.74) is 6.46. The topological polar surface area (TPSA) is 231 Å². The number of hydrogen-bond donors (Lipinski definition) is 1. The van der Waals surface area contributed by atoms with Crippen molar-refractivity contribution in [2.24, 2.45) is 0 Å². The van der Waals surface area contributed by atoms with Crippen molar-refractivity contribution in [3.05, 3.63) is 162 Å². The van der Waals surface area contributed by atoms with Gasteiger partial charge in [0, 0.05) is 63.0 Å². The van der Waals surface area contributed by atoms with E-state index in [-0.39, 0.29) is 61.3 Å². The lowest BCUT2D eigenvalue weighted by Gasteiger charge is -2.35. The van der Waals surface area contributed by atoms with Crippen molar-refractivity contribution in [1.82, 2.24) is 19.1 Å². The molecule has 0 saturated heterocycles. The number of cyclic esters (lactones) is 2. The monoisotopic (exact) mass is 1200 g/mol. The maximum absolute atomic E-state index is 14.1. The van der Waals surface area contributed by atoms with E-state index < -0.39 is 45.4 Å². The molecule has 450 valence electrons. The molecule has 0 bridgehead atoms. The fraction of sp³-hybridized carbons (Fsp3) is 0.409. The molecule has 4 aliphatic heterocycles. The first kappa shape index (κ1) is 61.0. The van der Waals surface area contributed by atoms with E-state index in [0.29, 0.717) is 60.1 Å². The number of nitrogens with zero attached hydrogens (tertiary/aromatic N) is 4. The summed E-state index contributed by atoms with van der Waals surface area (Å²) in [6, 6.07) is 32.9. The van der Waals surface area contributed by atoms with Gasteiger partial charge in [0.25, 0.3) is 11.1 Å². The summed E-state index contributed by atoms with van der Waals surface area (Å²) < 4.78 is 35.5. The number of fused-ring (bicyclic) bond motifs is 10. The Balaban J connectivity index is 0.000000196. The first-order valence-electron chi connectivity index (χ1n) is 29.7. The van der Waals surface area contributed by atoms with Crippen molar-refractivity contribution in [2.75, 3.05) is 13.2 Å². The van der Waals surface area contributed by atoms with Crippen LogP contribution >= 0.6 is 0 Å². The predicted molar refractivity (Wildman–Crippen MR) is 329 cm³/mol. The number of ether oxygens (including phenoxy) is 6. The lowest BCUT2D eigenvalue weighted by Crippen LogP contribution is -2.47. The maximum Gasteiger partial charge on any atom is 0.510 e. The second-order valence-corrected chi connectivity index (χ2v) is 35.0. The summed E-state index contributed by atoms with van der Waals surface area (Å²) in [6.45, 7) is 16.9. The fourth-order valence-corrected chi connectivity index (χ4v) is 17.1. The summed E-state index contributed by atoms with van der Waals surface area (Å²) in [6.07, 6.45) is 2.50. The largest absolute Gasteiger partial charge is 0.510 e. The highest BCUT2D eigenvalue weighted by Gasteiger charge is 2.51. The minimum atomic E-state index is -1.85. The molecule has 0 fully saturated rings. The third-order valence-corrected chi connectivity index (χ3v) is 24.2. The van der Waals surface area contributed by atoms with E-state index in [4.69, 9.17) is 38.4 Å². The molecule has 8 heterocycles. The number of carbonyl (C=O) groups is 5. The van der Waals surface area contributed by atoms with E-state index >= 15 is 0 Å². The average molecular weight is 1200 g/mol. The van der Waals surface area contributed by atoms with Gasteiger partial charge in [-0.15, -0.1) is 0 Å². The third-order valence-electron chi connectivity index (χ3n) is 17.6. The van der Waals surface area contributed by atoms with Gasteiger partial charge >= 0.3 is 30.0 Å². The SMILES string of the molecule is CC[C@@]1(O)C(=O)OCc2c1cc1n(c2=O)Cc2c-1nc1ccccc1c2CC[Si](C)(C)CCCOC(C)=O.CC[C@@]1(OC(=O)OCc2ccccc2)C(=O)OCc2c1cc1n(c2=O)Cc2c-1nc1ccccc1c2CC[Si](C)(C)CCCOC(C)=O. The predicted octanol–water partition coefficient (Wildman–Crippen LogP) is 10.9. The van der Waals surface area contributed by atoms with Crippen LogP contribution in [-0.4, -0.2) is 83.6 Å². The molecule has 4 aromatic heterocycles. The number of aliphatic hydroxyl groups is 1. The number of aryl methyl sites for hydroxylation is 2. The lowest BCUT2D eigenvalue weighted by molar-refractivity contribution is -0.175. The molecule has 0 spiro atoms. The number of aromatic nitrogens is 4. The fourth-order valence-electron chi connectivity index (χ4n) is 12.6. The number of para-hydroxylation sites is 2. The Labute approximate surface area is 500 Å². The molecule has 7 aromatic rings. The highest BCUT2D eigenvalue weighted by Crippen LogP contribution is 2.44. The number of hydrogen-bond acceptors (Lipinski definition) is 16. The minimum Gasteiger partial charge on any atom is -0.466 e. The first-order chi connectivity index (χ1) is 41.1. The van der Waals surface area contributed by atoms with E-state index in [2.05, 4.69) is 38.3 Å². The van der Waals surface area contributed by atoms with Crippen LogP contribution in [0.5, 0.6) is 0 Å². The molecule has 0 amide bonds. The molecule has 0 unspecified atom stereocenters. The normalized spacial score (nSPS) is 17.2. The zero-order valence-electron chi connectivity index (χ0n) is 50.2. The molecule has 0 radical (unpaired) electrons. The second kappa shape index (κ2) is 24.7. The Morgan fingerprint density at radius 1 is 0.593 bits per heavy atom. The van der Waals surface area contributed by atoms with Crippen molar-refractivity contribution in [2.45, 2.75) is 161 Å². The Morgan fingerprint density at radius 3 is 1.55 bits per heavy atom. The highest BCUT2D eigenvalue weighted by atomic mass is 28.3. The minimum absolute atomic E-state index is 0.0345. The van der Waals surface area contributed by atoms with E-state index in [1.165, 1.54) is 19.4 Å². The number of pyridine rings is 4. The molecule has 0 aliphatic carbocycles. The van der Waals surface area contributed by atoms with Gasteiger partial charge in [-0.1, -0.05) is 131 Å². The maximum atomic E-state index is 14.1. The van der Waals surface area contributed by atoms with Crippen LogP contribution in [0.1, 0.15) is 103 Å². The molecule has 0 saturated carbocycles. The van der Waals surface area contributed by atoms with Gasteiger partial charge in [0.1, 0.15) is 19.8 Å². The van der Waals surface area contributed by atoms with E-state index in [1.54, 1.807) is 35.1 Å². The summed E-state index contributed by atoms with van der Waals surface area (Å²) in [5, 5.41) is 13.3. The first-order valence-corrected chi connectivity index (χ1v) is 36.5. The van der Waals surface area contributed by atoms with Crippen molar-refractivity contribution in [3.8, 4) is 22.8 Å². The molecule has 11 rings (SSSR count). The smallest absolute Gasteiger partial charge is 0.466 e. The highest BCUT2D eigenvalue weighted by molar-refractivity contribution is 6.77. The molecular weight excluding hydrogens is 1130 g/mol. The van der Waals surface area contributed by atoms with Gasteiger partial charge in [0.2, 0.25) is 5.60 Å². The lowest BCUT2D eigenvalue weighted by atomic mass is 9.85. The van der Waals surface area contributed by atoms with Crippen LogP contribution in [0.25, 0.3) is 44.6 Å². The molecule has 20 heteroatoms. The van der Waals surface area contributed by atoms with Crippen molar-refractivity contribution in [3.63, 3.8) is 0 Å². The molecule has 3 aromatic carbocycles. The standard InChI is InChI=1S/C37H40N2O8Si.C29H34N2O6Si/c1-5-37(47-36(43)46-22-25-12-7-6-8-13-25)30-20-32-33-28(21-39(32)34(41)29(30)23-45-35(37)42)26(27-14-9-10-15-31(27)38-33)16-19-48(3,4)18-11-17-44-24(2)40;1-5-29(35)23-15-25-26-21(16-31(25)27(33)22(23)17-37-28(29)34)19(20-9-6-7-10-24(20)30-26)11-14-38(3,4)13-8-12-36-18(2)32/h6-10,12-15,20H,5,11,16-19,21-23H2,1-4H3;6-7,9-10,15,35H,5,8,11-14,16-17H2,1-4H3/t37-;29-/m00/s1. The summed E-state index contributed by atoms with van der Waals surface area (Å²) >= 11 is 0. The number of carbonyl (C=O) groups excluding carboxylic acids is 5. The Morgan fingerprint density at radius 2 is 1.06 bits per heavy atom. The van der Waals surface area contributed by atoms with E-state index in [1.807, 2.05) is 66.7 Å². The quantitative estimate of drug-likeness (QED) is 0.0343. The Bertz CT molecular complexity index is 3970. The molecule has 2 atom stereocenters. The van der Waals surface area contributed by atoms with Gasteiger partial charge in [-0.3, -0.25) is 19.2 Å². The van der Waals surface area contributed by atoms with Crippen LogP contribution < -0.4 is 11.1 Å². The van der Waals surface area contributed by atoms with Gasteiger partial charge in [-0.05, 0) is 79.5 Å². The number of esters is 4. The van der Waals surface area contributed by atoms with Crippen LogP contribution in [0.15, 0.2) is 101 Å². The van der Waals surface area contributed by atoms with Gasteiger partial charge in [-0.25, -0.2) is 24.4 Å². The Kier molecular flexibility index (Phi) is 17.5. The number of rotatable bonds is 19. The molecule has 1 N–H and O–H groups in total. The van der Waals surface area contributed by atoms with Crippen molar-refractivity contribution >= 4 is 68.0 Å². The van der Waals surface area contributed by atoms with Crippen molar-refractivity contribution in [1.29, 1.82) is 0 Å². The van der Waals surface area contributed by atoms with Crippen LogP contribution in [0, 0.1) is 0 Å². The summed E-state index contributed by atoms with van der Waals surface area (Å²) in [5.74, 6) is -1.97. The van der Waals surface area contributed by atoms with E-state index in [9.17, 15) is 38.7 Å². The second-order valence-electron chi connectivity index (χ2n) is 24.4. The molecule has 4 aliphatic rings. The third kappa shape index (κ3) is 12.1. The van der Waals surface area contributed by atoms with Crippen LogP contribution in [-0.2, 0) is 105 Å². The molecule has 86 heavy (non-hydrogen) atoms. The van der Waals surface area contributed by atoms with Crippen LogP contribution in [0.4, 0.5) is 4.79 Å². The summed E-state index contributed by atoms with van der Waals surface area (Å²) in [7, 11) is -3.25. The Hall–Kier alpha value is -8.08. The van der Waals surface area contributed by atoms with Crippen molar-refractivity contribution < 1.29 is 57.5 Å². The van der Waals surface area contributed by atoms with E-state index in [0.717, 1.165) is 99.6 Å².